The highest BCUT2D eigenvalue weighted by molar-refractivity contribution is 8.08. The van der Waals surface area contributed by atoms with Crippen molar-refractivity contribution in [3.63, 3.8) is 0 Å². The number of halogens is 2. The maximum Gasteiger partial charge on any atom is 0.481 e. The predicted molar refractivity (Wildman–Crippen MR) is 139 cm³/mol. The number of hydrogen-bond acceptors (Lipinski definition) is 16. The molecule has 0 amide bonds. The van der Waals surface area contributed by atoms with E-state index < -0.39 is 88.6 Å². The first kappa shape index (κ1) is 34.0. The van der Waals surface area contributed by atoms with Crippen molar-refractivity contribution in [1.29, 1.82) is 0 Å². The molecule has 2 aromatic heterocycles. The third-order valence-electron chi connectivity index (χ3n) is 6.45. The molecule has 12 atom stereocenters. The maximum atomic E-state index is 16.1. The molecule has 0 aromatic carbocycles. The number of nitrogens with zero attached hydrogens (tertiary/aromatic N) is 4. The number of aliphatic hydroxyl groups is 5. The first-order valence-corrected chi connectivity index (χ1v) is 16.1. The predicted octanol–water partition coefficient (Wildman–Crippen LogP) is -1.94. The van der Waals surface area contributed by atoms with Crippen LogP contribution in [-0.4, -0.2) is 123 Å². The van der Waals surface area contributed by atoms with Crippen molar-refractivity contribution < 1.29 is 71.5 Å². The number of ether oxygens (including phenoxy) is 2. The Morgan fingerprint density at radius 1 is 1.26 bits per heavy atom. The van der Waals surface area contributed by atoms with Gasteiger partial charge in [0.1, 0.15) is 49.1 Å². The van der Waals surface area contributed by atoms with Crippen LogP contribution < -0.4 is 5.73 Å². The second-order valence-corrected chi connectivity index (χ2v) is 13.7. The van der Waals surface area contributed by atoms with Crippen LogP contribution in [0.5, 0.6) is 0 Å². The molecule has 0 aliphatic carbocycles. The van der Waals surface area contributed by atoms with Gasteiger partial charge in [0.2, 0.25) is 0 Å². The number of hydrogen-bond donors (Lipinski definition) is 8. The molecule has 23 heteroatoms. The van der Waals surface area contributed by atoms with Crippen LogP contribution in [0.4, 0.5) is 14.6 Å². The van der Waals surface area contributed by atoms with Crippen molar-refractivity contribution >= 4 is 37.8 Å². The molecule has 0 bridgehead atoms. The minimum Gasteiger partial charge on any atom is -0.393 e. The molecule has 4 heterocycles. The van der Waals surface area contributed by atoms with Crippen LogP contribution in [0.15, 0.2) is 30.9 Å². The Balaban J connectivity index is 1.46. The monoisotopic (exact) mass is 677 g/mol. The maximum absolute atomic E-state index is 16.1. The first-order chi connectivity index (χ1) is 20.0. The molecular weight excluding hydrogens is 650 g/mol. The fourth-order valence-corrected chi connectivity index (χ4v) is 7.50. The molecule has 0 radical (unpaired) electrons. The van der Waals surface area contributed by atoms with Gasteiger partial charge in [-0.25, -0.2) is 32.1 Å². The average Bonchev–Trinajstić information content (AvgIpc) is 3.46. The summed E-state index contributed by atoms with van der Waals surface area (Å²) in [6, 6.07) is 0. The van der Waals surface area contributed by atoms with Gasteiger partial charge in [0, 0.05) is 0 Å². The largest absolute Gasteiger partial charge is 0.481 e. The third-order valence-corrected chi connectivity index (χ3v) is 9.97. The summed E-state index contributed by atoms with van der Waals surface area (Å²) in [6.07, 6.45) is -15.3. The first-order valence-electron chi connectivity index (χ1n) is 12.0. The molecule has 240 valence electrons. The summed E-state index contributed by atoms with van der Waals surface area (Å²) in [6.45, 7) is -3.61. The number of anilines is 1. The third kappa shape index (κ3) is 6.87. The lowest BCUT2D eigenvalue weighted by Crippen LogP contribution is -2.60. The Kier molecular flexibility index (Phi) is 10.2. The van der Waals surface area contributed by atoms with Crippen LogP contribution in [0, 0.1) is 0 Å². The average molecular weight is 677 g/mol. The molecule has 2 saturated heterocycles. The molecule has 43 heavy (non-hydrogen) atoms. The Labute approximate surface area is 245 Å². The van der Waals surface area contributed by atoms with E-state index in [-0.39, 0.29) is 17.2 Å². The number of rotatable bonds is 11. The second kappa shape index (κ2) is 12.9. The summed E-state index contributed by atoms with van der Waals surface area (Å²) < 4.78 is 68.3. The minimum atomic E-state index is -5.56. The Morgan fingerprint density at radius 2 is 1.95 bits per heavy atom. The van der Waals surface area contributed by atoms with Gasteiger partial charge in [0.25, 0.3) is 0 Å². The Bertz CT molecular complexity index is 1470. The summed E-state index contributed by atoms with van der Waals surface area (Å²) in [4.78, 5) is 28.3. The molecule has 9 N–H and O–H groups in total. The van der Waals surface area contributed by atoms with E-state index in [1.54, 1.807) is 0 Å². The zero-order valence-electron chi connectivity index (χ0n) is 21.6. The van der Waals surface area contributed by atoms with Crippen LogP contribution in [0.1, 0.15) is 11.8 Å². The van der Waals surface area contributed by atoms with Gasteiger partial charge in [-0.15, -0.1) is 5.73 Å². The van der Waals surface area contributed by atoms with Crippen molar-refractivity contribution in [2.24, 2.45) is 0 Å². The molecule has 0 spiro atoms. The fourth-order valence-electron chi connectivity index (χ4n) is 4.40. The molecule has 0 saturated carbocycles. The highest BCUT2D eigenvalue weighted by atomic mass is 32.5. The number of imidazole rings is 1. The van der Waals surface area contributed by atoms with Gasteiger partial charge >= 0.3 is 14.5 Å². The molecular formula is C20H27F2N5O13P2S. The number of alkyl halides is 2. The van der Waals surface area contributed by atoms with Crippen molar-refractivity contribution in [3.05, 3.63) is 36.6 Å². The summed E-state index contributed by atoms with van der Waals surface area (Å²) in [7, 11) is -5.56. The van der Waals surface area contributed by atoms with Crippen molar-refractivity contribution in [2.45, 2.75) is 60.9 Å². The molecule has 2 fully saturated rings. The summed E-state index contributed by atoms with van der Waals surface area (Å²) in [5, 5.41) is 53.5. The highest BCUT2D eigenvalue weighted by Crippen LogP contribution is 2.62. The lowest BCUT2D eigenvalue weighted by Gasteiger charge is -2.41. The smallest absolute Gasteiger partial charge is 0.393 e. The van der Waals surface area contributed by atoms with E-state index in [0.717, 1.165) is 16.9 Å². The van der Waals surface area contributed by atoms with E-state index in [9.17, 15) is 39.2 Å². The van der Waals surface area contributed by atoms with Crippen molar-refractivity contribution in [2.75, 3.05) is 18.9 Å². The van der Waals surface area contributed by atoms with Crippen LogP contribution in [0.2, 0.25) is 0 Å². The molecule has 2 aliphatic rings. The fraction of sp³-hybridized carbons (Fsp3) is 0.600. The Hall–Kier alpha value is -1.87. The van der Waals surface area contributed by atoms with E-state index >= 15 is 4.39 Å². The zero-order chi connectivity index (χ0) is 31.9. The van der Waals surface area contributed by atoms with Crippen molar-refractivity contribution in [1.82, 2.24) is 19.6 Å². The lowest BCUT2D eigenvalue weighted by atomic mass is 9.91. The lowest BCUT2D eigenvalue weighted by molar-refractivity contribution is -0.287. The Morgan fingerprint density at radius 3 is 2.60 bits per heavy atom. The van der Waals surface area contributed by atoms with Gasteiger partial charge in [0.15, 0.2) is 29.6 Å². The number of fused-ring (bicyclic) bond motifs is 1. The quantitative estimate of drug-likeness (QED) is 0.0949. The number of phosphoric acid groups is 1. The summed E-state index contributed by atoms with van der Waals surface area (Å²) in [5.41, 5.74) is 5.28. The van der Waals surface area contributed by atoms with Gasteiger partial charge in [0.05, 0.1) is 25.1 Å². The molecule has 18 nitrogen and oxygen atoms in total. The van der Waals surface area contributed by atoms with Gasteiger partial charge in [-0.1, -0.05) is 6.58 Å². The highest BCUT2D eigenvalue weighted by Gasteiger charge is 2.58. The molecule has 4 rings (SSSR count). The topological polar surface area (TPSA) is 274 Å². The van der Waals surface area contributed by atoms with Gasteiger partial charge in [-0.05, 0) is 17.9 Å². The van der Waals surface area contributed by atoms with E-state index in [0.29, 0.717) is 0 Å². The summed E-state index contributed by atoms with van der Waals surface area (Å²) >= 11 is 4.70. The van der Waals surface area contributed by atoms with Gasteiger partial charge in [-0.2, -0.15) is 5.10 Å². The minimum absolute atomic E-state index is 0.0269. The number of aromatic nitrogens is 4. The van der Waals surface area contributed by atoms with Crippen LogP contribution >= 0.6 is 14.5 Å². The van der Waals surface area contributed by atoms with Crippen LogP contribution in [0.25, 0.3) is 5.65 Å². The molecule has 2 aromatic rings. The van der Waals surface area contributed by atoms with E-state index in [1.165, 1.54) is 6.20 Å². The van der Waals surface area contributed by atoms with E-state index in [2.05, 4.69) is 36.2 Å². The number of phosphoric ester groups is 1. The number of nitrogens with two attached hydrogens (primary N) is 1. The number of nitrogen functional groups attached to an aromatic ring is 1. The van der Waals surface area contributed by atoms with Gasteiger partial charge < -0.3 is 55.1 Å². The second-order valence-electron chi connectivity index (χ2n) is 9.30. The SMILES string of the molecule is C=C=C[C@@]1(F)[C@H](O)[C@@H](COP(O)(=S)OP(=O)(O)OC2OC([C@@H](F)CO)C(O)C(O)C2O)O[C@H]1c1cnc2c(N)ncnn12. The van der Waals surface area contributed by atoms with E-state index in [1.807, 2.05) is 0 Å². The van der Waals surface area contributed by atoms with Crippen LogP contribution in [0.3, 0.4) is 0 Å². The standard InChI is InChI=1S/C20H27F2N5O13P2S/c1-2-3-20(22)15(32)10(37-16(20)9-4-24-18-17(23)25-7-26-27(9)18)6-36-42(35,43)40-41(33,34)39-19-13(31)11(29)12(30)14(38-19)8(21)5-28/h3-4,7-8,10-16,19,28-32H,1,5-6H2,(H,33,34)(H,35,43)(H2,23,25,26)/t8-,10+,11?,12?,13?,14?,15+,16-,19?,20+,42?/m0/s1. The molecule has 7 unspecified atom stereocenters. The van der Waals surface area contributed by atoms with E-state index in [4.69, 9.17) is 36.6 Å². The van der Waals surface area contributed by atoms with Crippen LogP contribution in [-0.2, 0) is 39.2 Å². The normalized spacial score (nSPS) is 36.5. The zero-order valence-corrected chi connectivity index (χ0v) is 24.2. The van der Waals surface area contributed by atoms with Crippen molar-refractivity contribution in [3.8, 4) is 0 Å². The number of aliphatic hydroxyl groups excluding tert-OH is 5. The molecule has 2 aliphatic heterocycles. The van der Waals surface area contributed by atoms with Gasteiger partial charge in [-0.3, -0.25) is 4.52 Å². The summed E-state index contributed by atoms with van der Waals surface area (Å²) in [5.74, 6) is -0.0394.